The van der Waals surface area contributed by atoms with Gasteiger partial charge in [-0.15, -0.1) is 0 Å². The number of hydrogen-bond donors (Lipinski definition) is 2. The van der Waals surface area contributed by atoms with Crippen LogP contribution in [0.5, 0.6) is 23.0 Å². The van der Waals surface area contributed by atoms with E-state index in [1.807, 2.05) is 49.4 Å². The van der Waals surface area contributed by atoms with E-state index < -0.39 is 0 Å². The average molecular weight is 387 g/mol. The molecule has 0 fully saturated rings. The SMILES string of the molecule is CN=C(NCc1cccc(OC)c1OC)NCC(C)Oc1cccc(OC)c1. The van der Waals surface area contributed by atoms with E-state index in [-0.39, 0.29) is 6.10 Å². The van der Waals surface area contributed by atoms with Gasteiger partial charge in [-0.1, -0.05) is 18.2 Å². The van der Waals surface area contributed by atoms with Gasteiger partial charge in [0.25, 0.3) is 0 Å². The van der Waals surface area contributed by atoms with Gasteiger partial charge in [0.1, 0.15) is 17.6 Å². The Morgan fingerprint density at radius 1 is 0.964 bits per heavy atom. The molecule has 2 N–H and O–H groups in total. The Labute approximate surface area is 166 Å². The maximum Gasteiger partial charge on any atom is 0.191 e. The van der Waals surface area contributed by atoms with Gasteiger partial charge in [0.2, 0.25) is 0 Å². The average Bonchev–Trinajstić information content (AvgIpc) is 2.73. The number of hydrogen-bond acceptors (Lipinski definition) is 5. The summed E-state index contributed by atoms with van der Waals surface area (Å²) in [6, 6.07) is 13.3. The second-order valence-corrected chi connectivity index (χ2v) is 6.07. The second kappa shape index (κ2) is 10.9. The number of para-hydroxylation sites is 1. The molecule has 7 heteroatoms. The van der Waals surface area contributed by atoms with Crippen LogP contribution in [0, 0.1) is 0 Å². The third-order valence-corrected chi connectivity index (χ3v) is 4.09. The minimum atomic E-state index is -0.0583. The lowest BCUT2D eigenvalue weighted by atomic mass is 10.2. The molecule has 0 aliphatic carbocycles. The zero-order valence-corrected chi connectivity index (χ0v) is 17.1. The number of aliphatic imine (C=N–C) groups is 1. The van der Waals surface area contributed by atoms with E-state index in [1.165, 1.54) is 0 Å². The first-order valence-electron chi connectivity index (χ1n) is 9.06. The first-order valence-corrected chi connectivity index (χ1v) is 9.06. The Morgan fingerprint density at radius 2 is 1.71 bits per heavy atom. The van der Waals surface area contributed by atoms with Crippen LogP contribution in [0.4, 0.5) is 0 Å². The molecule has 2 rings (SSSR count). The van der Waals surface area contributed by atoms with E-state index in [0.29, 0.717) is 30.5 Å². The largest absolute Gasteiger partial charge is 0.497 e. The van der Waals surface area contributed by atoms with Crippen molar-refractivity contribution in [3.63, 3.8) is 0 Å². The molecular formula is C21H29N3O4. The Bertz CT molecular complexity index is 780. The van der Waals surface area contributed by atoms with Crippen molar-refractivity contribution < 1.29 is 18.9 Å². The molecule has 1 unspecified atom stereocenters. The Morgan fingerprint density at radius 3 is 2.39 bits per heavy atom. The zero-order chi connectivity index (χ0) is 20.4. The molecular weight excluding hydrogens is 358 g/mol. The third-order valence-electron chi connectivity index (χ3n) is 4.09. The first kappa shape index (κ1) is 21.2. The zero-order valence-electron chi connectivity index (χ0n) is 17.1. The minimum absolute atomic E-state index is 0.0583. The van der Waals surface area contributed by atoms with E-state index >= 15 is 0 Å². The lowest BCUT2D eigenvalue weighted by molar-refractivity contribution is 0.223. The van der Waals surface area contributed by atoms with Crippen molar-refractivity contribution in [2.24, 2.45) is 4.99 Å². The first-order chi connectivity index (χ1) is 13.6. The Kier molecular flexibility index (Phi) is 8.27. The molecule has 0 spiro atoms. The number of benzene rings is 2. The highest BCUT2D eigenvalue weighted by molar-refractivity contribution is 5.79. The number of nitrogens with one attached hydrogen (secondary N) is 2. The fourth-order valence-corrected chi connectivity index (χ4v) is 2.68. The molecule has 0 radical (unpaired) electrons. The van der Waals surface area contributed by atoms with E-state index in [2.05, 4.69) is 15.6 Å². The van der Waals surface area contributed by atoms with Crippen molar-refractivity contribution in [1.82, 2.24) is 10.6 Å². The van der Waals surface area contributed by atoms with Crippen molar-refractivity contribution in [2.75, 3.05) is 34.9 Å². The Hall–Kier alpha value is -3.09. The van der Waals surface area contributed by atoms with Crippen LogP contribution in [0.2, 0.25) is 0 Å². The van der Waals surface area contributed by atoms with Gasteiger partial charge in [0.05, 0.1) is 27.9 Å². The van der Waals surface area contributed by atoms with Gasteiger partial charge < -0.3 is 29.6 Å². The van der Waals surface area contributed by atoms with Crippen molar-refractivity contribution in [3.8, 4) is 23.0 Å². The van der Waals surface area contributed by atoms with E-state index in [1.54, 1.807) is 28.4 Å². The molecule has 0 aliphatic heterocycles. The maximum absolute atomic E-state index is 5.92. The standard InChI is InChI=1S/C21H29N3O4/c1-15(28-18-10-7-9-17(12-18)25-3)13-23-21(22-2)24-14-16-8-6-11-19(26-4)20(16)27-5/h6-12,15H,13-14H2,1-5H3,(H2,22,23,24). The summed E-state index contributed by atoms with van der Waals surface area (Å²) in [5.74, 6) is 3.61. The van der Waals surface area contributed by atoms with Gasteiger partial charge in [-0.2, -0.15) is 0 Å². The fourth-order valence-electron chi connectivity index (χ4n) is 2.68. The molecule has 0 heterocycles. The molecule has 0 saturated heterocycles. The van der Waals surface area contributed by atoms with Crippen LogP contribution in [-0.4, -0.2) is 47.0 Å². The highest BCUT2D eigenvalue weighted by Gasteiger charge is 2.11. The predicted molar refractivity (Wildman–Crippen MR) is 111 cm³/mol. The number of guanidine groups is 1. The monoisotopic (exact) mass is 387 g/mol. The minimum Gasteiger partial charge on any atom is -0.497 e. The van der Waals surface area contributed by atoms with E-state index in [4.69, 9.17) is 18.9 Å². The highest BCUT2D eigenvalue weighted by atomic mass is 16.5. The van der Waals surface area contributed by atoms with Crippen molar-refractivity contribution in [1.29, 1.82) is 0 Å². The fraction of sp³-hybridized carbons (Fsp3) is 0.381. The van der Waals surface area contributed by atoms with Crippen molar-refractivity contribution >= 4 is 5.96 Å². The Balaban J connectivity index is 1.87. The molecule has 2 aromatic rings. The summed E-state index contributed by atoms with van der Waals surface area (Å²) in [6.07, 6.45) is -0.0583. The van der Waals surface area contributed by atoms with Crippen LogP contribution in [-0.2, 0) is 6.54 Å². The molecule has 28 heavy (non-hydrogen) atoms. The van der Waals surface area contributed by atoms with Crippen LogP contribution in [0.25, 0.3) is 0 Å². The molecule has 0 aliphatic rings. The van der Waals surface area contributed by atoms with Crippen LogP contribution in [0.3, 0.4) is 0 Å². The number of rotatable bonds is 9. The van der Waals surface area contributed by atoms with Crippen LogP contribution >= 0.6 is 0 Å². The summed E-state index contributed by atoms with van der Waals surface area (Å²) in [5, 5.41) is 6.54. The molecule has 1 atom stereocenters. The van der Waals surface area contributed by atoms with Crippen LogP contribution < -0.4 is 29.6 Å². The summed E-state index contributed by atoms with van der Waals surface area (Å²) >= 11 is 0. The molecule has 0 bridgehead atoms. The molecule has 152 valence electrons. The van der Waals surface area contributed by atoms with Gasteiger partial charge in [-0.3, -0.25) is 4.99 Å². The normalized spacial score (nSPS) is 12.1. The van der Waals surface area contributed by atoms with Gasteiger partial charge in [-0.25, -0.2) is 0 Å². The maximum atomic E-state index is 5.92. The van der Waals surface area contributed by atoms with E-state index in [9.17, 15) is 0 Å². The van der Waals surface area contributed by atoms with Gasteiger partial charge in [0.15, 0.2) is 17.5 Å². The smallest absolute Gasteiger partial charge is 0.191 e. The van der Waals surface area contributed by atoms with Gasteiger partial charge >= 0.3 is 0 Å². The lowest BCUT2D eigenvalue weighted by Crippen LogP contribution is -2.41. The molecule has 7 nitrogen and oxygen atoms in total. The topological polar surface area (TPSA) is 73.3 Å². The predicted octanol–water partition coefficient (Wildman–Crippen LogP) is 2.84. The van der Waals surface area contributed by atoms with E-state index in [0.717, 1.165) is 17.1 Å². The molecule has 2 aromatic carbocycles. The number of methoxy groups -OCH3 is 3. The van der Waals surface area contributed by atoms with Crippen molar-refractivity contribution in [2.45, 2.75) is 19.6 Å². The van der Waals surface area contributed by atoms with Crippen LogP contribution in [0.15, 0.2) is 47.5 Å². The second-order valence-electron chi connectivity index (χ2n) is 6.07. The van der Waals surface area contributed by atoms with Gasteiger partial charge in [-0.05, 0) is 25.1 Å². The molecule has 0 aromatic heterocycles. The molecule has 0 amide bonds. The van der Waals surface area contributed by atoms with Crippen LogP contribution in [0.1, 0.15) is 12.5 Å². The number of ether oxygens (including phenoxy) is 4. The highest BCUT2D eigenvalue weighted by Crippen LogP contribution is 2.30. The third kappa shape index (κ3) is 5.97. The molecule has 0 saturated carbocycles. The summed E-state index contributed by atoms with van der Waals surface area (Å²) in [5.41, 5.74) is 0.977. The quantitative estimate of drug-likeness (QED) is 0.509. The number of nitrogens with zero attached hydrogens (tertiary/aromatic N) is 1. The summed E-state index contributed by atoms with van der Waals surface area (Å²) < 4.78 is 21.9. The lowest BCUT2D eigenvalue weighted by Gasteiger charge is -2.19. The summed E-state index contributed by atoms with van der Waals surface area (Å²) in [4.78, 5) is 4.25. The van der Waals surface area contributed by atoms with Gasteiger partial charge in [0, 0.05) is 25.2 Å². The summed E-state index contributed by atoms with van der Waals surface area (Å²) in [7, 11) is 6.62. The van der Waals surface area contributed by atoms with Crippen molar-refractivity contribution in [3.05, 3.63) is 48.0 Å². The summed E-state index contributed by atoms with van der Waals surface area (Å²) in [6.45, 7) is 3.13.